The highest BCUT2D eigenvalue weighted by atomic mass is 16.5. The van der Waals surface area contributed by atoms with Crippen LogP contribution in [0.2, 0.25) is 0 Å². The minimum atomic E-state index is -0.556. The zero-order valence-electron chi connectivity index (χ0n) is 15.0. The van der Waals surface area contributed by atoms with Crippen LogP contribution < -0.4 is 14.9 Å². The van der Waals surface area contributed by atoms with Crippen LogP contribution in [0.15, 0.2) is 88.3 Å². The minimum Gasteiger partial charge on any atom is -0.496 e. The van der Waals surface area contributed by atoms with Crippen molar-refractivity contribution in [3.05, 3.63) is 94.8 Å². The molecule has 0 saturated heterocycles. The average molecular weight is 372 g/mol. The molecule has 0 N–H and O–H groups in total. The van der Waals surface area contributed by atoms with E-state index in [1.165, 1.54) is 19.4 Å². The van der Waals surface area contributed by atoms with Gasteiger partial charge in [0.05, 0.1) is 18.1 Å². The Morgan fingerprint density at radius 2 is 1.68 bits per heavy atom. The lowest BCUT2D eigenvalue weighted by atomic mass is 10.1. The van der Waals surface area contributed by atoms with Gasteiger partial charge in [-0.25, -0.2) is 4.79 Å². The Bertz CT molecular complexity index is 1210. The highest BCUT2D eigenvalue weighted by Gasteiger charge is 2.15. The maximum atomic E-state index is 12.8. The van der Waals surface area contributed by atoms with E-state index in [0.29, 0.717) is 27.8 Å². The molecule has 0 radical (unpaired) electrons. The number of esters is 1. The maximum absolute atomic E-state index is 12.8. The van der Waals surface area contributed by atoms with Gasteiger partial charge in [-0.2, -0.15) is 0 Å². The van der Waals surface area contributed by atoms with E-state index < -0.39 is 5.97 Å². The summed E-state index contributed by atoms with van der Waals surface area (Å²) in [6.07, 6.45) is 1.42. The third-order valence-electron chi connectivity index (χ3n) is 4.37. The molecule has 1 heterocycles. The Labute approximate surface area is 160 Å². The van der Waals surface area contributed by atoms with Crippen molar-refractivity contribution in [3.63, 3.8) is 0 Å². The van der Waals surface area contributed by atoms with Gasteiger partial charge in [-0.05, 0) is 29.8 Å². The SMILES string of the molecule is COc1ccccc1C(=O)Oc1ccc2c(=O)c(-c3ccccc3)coc2c1. The van der Waals surface area contributed by atoms with Gasteiger partial charge in [0.1, 0.15) is 28.9 Å². The Hall–Kier alpha value is -3.86. The molecule has 138 valence electrons. The quantitative estimate of drug-likeness (QED) is 0.384. The monoisotopic (exact) mass is 372 g/mol. The predicted octanol–water partition coefficient (Wildman–Crippen LogP) is 4.69. The summed E-state index contributed by atoms with van der Waals surface area (Å²) < 4.78 is 16.2. The topological polar surface area (TPSA) is 65.7 Å². The van der Waals surface area contributed by atoms with Crippen LogP contribution in [0.3, 0.4) is 0 Å². The van der Waals surface area contributed by atoms with Crippen LogP contribution >= 0.6 is 0 Å². The average Bonchev–Trinajstić information content (AvgIpc) is 2.74. The van der Waals surface area contributed by atoms with E-state index in [0.717, 1.165) is 5.56 Å². The number of carbonyl (C=O) groups excluding carboxylic acids is 1. The van der Waals surface area contributed by atoms with Gasteiger partial charge < -0.3 is 13.9 Å². The molecule has 0 saturated carbocycles. The first kappa shape index (κ1) is 17.5. The van der Waals surface area contributed by atoms with Crippen molar-refractivity contribution in [3.8, 4) is 22.6 Å². The zero-order valence-corrected chi connectivity index (χ0v) is 15.0. The highest BCUT2D eigenvalue weighted by Crippen LogP contribution is 2.25. The van der Waals surface area contributed by atoms with Crippen molar-refractivity contribution in [2.45, 2.75) is 0 Å². The normalized spacial score (nSPS) is 10.6. The summed E-state index contributed by atoms with van der Waals surface area (Å²) in [5, 5.41) is 0.415. The van der Waals surface area contributed by atoms with E-state index in [1.807, 2.05) is 30.3 Å². The van der Waals surface area contributed by atoms with Gasteiger partial charge in [0.2, 0.25) is 0 Å². The summed E-state index contributed by atoms with van der Waals surface area (Å²) in [5.74, 6) is 0.145. The fourth-order valence-corrected chi connectivity index (χ4v) is 2.96. The van der Waals surface area contributed by atoms with Crippen LogP contribution in [0.25, 0.3) is 22.1 Å². The summed E-state index contributed by atoms with van der Waals surface area (Å²) in [6, 6.07) is 20.8. The van der Waals surface area contributed by atoms with Gasteiger partial charge in [0.15, 0.2) is 5.43 Å². The van der Waals surface area contributed by atoms with Crippen LogP contribution in [0, 0.1) is 0 Å². The van der Waals surface area contributed by atoms with Gasteiger partial charge in [0.25, 0.3) is 0 Å². The molecule has 0 bridgehead atoms. The van der Waals surface area contributed by atoms with Crippen molar-refractivity contribution in [1.82, 2.24) is 0 Å². The van der Waals surface area contributed by atoms with Gasteiger partial charge >= 0.3 is 5.97 Å². The number of fused-ring (bicyclic) bond motifs is 1. The molecule has 4 rings (SSSR count). The fraction of sp³-hybridized carbons (Fsp3) is 0.0435. The standard InChI is InChI=1S/C23H16O5/c1-26-20-10-6-5-9-18(20)23(25)28-16-11-12-17-21(13-16)27-14-19(22(17)24)15-7-3-2-4-8-15/h2-14H,1H3. The first-order valence-electron chi connectivity index (χ1n) is 8.63. The zero-order chi connectivity index (χ0) is 19.5. The van der Waals surface area contributed by atoms with Crippen LogP contribution in [0.5, 0.6) is 11.5 Å². The third-order valence-corrected chi connectivity index (χ3v) is 4.37. The van der Waals surface area contributed by atoms with Gasteiger partial charge in [0, 0.05) is 6.07 Å². The van der Waals surface area contributed by atoms with Crippen molar-refractivity contribution in [2.75, 3.05) is 7.11 Å². The number of rotatable bonds is 4. The number of para-hydroxylation sites is 1. The van der Waals surface area contributed by atoms with E-state index in [1.54, 1.807) is 36.4 Å². The molecule has 0 aliphatic rings. The molecular weight excluding hydrogens is 356 g/mol. The number of methoxy groups -OCH3 is 1. The first-order chi connectivity index (χ1) is 13.7. The maximum Gasteiger partial charge on any atom is 0.347 e. The van der Waals surface area contributed by atoms with Crippen molar-refractivity contribution >= 4 is 16.9 Å². The van der Waals surface area contributed by atoms with E-state index in [9.17, 15) is 9.59 Å². The molecule has 5 heteroatoms. The lowest BCUT2D eigenvalue weighted by Crippen LogP contribution is -2.10. The van der Waals surface area contributed by atoms with Crippen LogP contribution in [-0.4, -0.2) is 13.1 Å². The lowest BCUT2D eigenvalue weighted by Gasteiger charge is -2.09. The Kier molecular flexibility index (Phi) is 4.64. The number of hydrogen-bond acceptors (Lipinski definition) is 5. The summed E-state index contributed by atoms with van der Waals surface area (Å²) >= 11 is 0. The minimum absolute atomic E-state index is 0.143. The summed E-state index contributed by atoms with van der Waals surface area (Å²) in [5.41, 5.74) is 1.77. The molecule has 0 aliphatic heterocycles. The molecule has 28 heavy (non-hydrogen) atoms. The first-order valence-corrected chi connectivity index (χ1v) is 8.63. The van der Waals surface area contributed by atoms with E-state index in [-0.39, 0.29) is 11.2 Å². The molecular formula is C23H16O5. The molecule has 0 amide bonds. The van der Waals surface area contributed by atoms with E-state index >= 15 is 0 Å². The van der Waals surface area contributed by atoms with Crippen molar-refractivity contribution in [1.29, 1.82) is 0 Å². The number of benzene rings is 3. The molecule has 5 nitrogen and oxygen atoms in total. The van der Waals surface area contributed by atoms with Gasteiger partial charge in [-0.3, -0.25) is 4.79 Å². The molecule has 0 unspecified atom stereocenters. The Balaban J connectivity index is 1.67. The van der Waals surface area contributed by atoms with Crippen LogP contribution in [0.4, 0.5) is 0 Å². The Morgan fingerprint density at radius 1 is 0.929 bits per heavy atom. The summed E-state index contributed by atoms with van der Waals surface area (Å²) in [4.78, 5) is 25.2. The van der Waals surface area contributed by atoms with E-state index in [2.05, 4.69) is 0 Å². The Morgan fingerprint density at radius 3 is 2.46 bits per heavy atom. The fourth-order valence-electron chi connectivity index (χ4n) is 2.96. The van der Waals surface area contributed by atoms with E-state index in [4.69, 9.17) is 13.9 Å². The molecule has 0 atom stereocenters. The number of hydrogen-bond donors (Lipinski definition) is 0. The van der Waals surface area contributed by atoms with Crippen LogP contribution in [0.1, 0.15) is 10.4 Å². The molecule has 0 fully saturated rings. The van der Waals surface area contributed by atoms with Gasteiger partial charge in [-0.15, -0.1) is 0 Å². The molecule has 4 aromatic rings. The third kappa shape index (κ3) is 3.25. The highest BCUT2D eigenvalue weighted by molar-refractivity contribution is 5.94. The lowest BCUT2D eigenvalue weighted by molar-refractivity contribution is 0.0731. The summed E-state index contributed by atoms with van der Waals surface area (Å²) in [6.45, 7) is 0. The largest absolute Gasteiger partial charge is 0.496 e. The van der Waals surface area contributed by atoms with Crippen LogP contribution in [-0.2, 0) is 0 Å². The summed E-state index contributed by atoms with van der Waals surface area (Å²) in [7, 11) is 1.49. The number of carbonyl (C=O) groups is 1. The second kappa shape index (κ2) is 7.40. The molecule has 3 aromatic carbocycles. The second-order valence-electron chi connectivity index (χ2n) is 6.09. The van der Waals surface area contributed by atoms with Crippen molar-refractivity contribution in [2.24, 2.45) is 0 Å². The molecule has 1 aromatic heterocycles. The molecule has 0 spiro atoms. The van der Waals surface area contributed by atoms with Gasteiger partial charge in [-0.1, -0.05) is 42.5 Å². The molecule has 0 aliphatic carbocycles. The number of ether oxygens (including phenoxy) is 2. The van der Waals surface area contributed by atoms with Crippen molar-refractivity contribution < 1.29 is 18.7 Å². The second-order valence-corrected chi connectivity index (χ2v) is 6.09. The predicted molar refractivity (Wildman–Crippen MR) is 106 cm³/mol. The smallest absolute Gasteiger partial charge is 0.347 e.